The van der Waals surface area contributed by atoms with Crippen molar-refractivity contribution in [3.05, 3.63) is 41.5 Å². The Balaban J connectivity index is 0.000000606. The van der Waals surface area contributed by atoms with Gasteiger partial charge in [0.2, 0.25) is 0 Å². The molecule has 84 valence electrons. The van der Waals surface area contributed by atoms with Crippen LogP contribution in [0.3, 0.4) is 0 Å². The van der Waals surface area contributed by atoms with Gasteiger partial charge in [0, 0.05) is 18.1 Å². The fourth-order valence-corrected chi connectivity index (χ4v) is 1.87. The molecular weight excluding hydrogens is 198 g/mol. The van der Waals surface area contributed by atoms with Crippen LogP contribution >= 0.6 is 0 Å². The Morgan fingerprint density at radius 2 is 1.62 bits per heavy atom. The minimum atomic E-state index is 1.21. The van der Waals surface area contributed by atoms with E-state index in [2.05, 4.69) is 49.5 Å². The van der Waals surface area contributed by atoms with Crippen molar-refractivity contribution >= 4 is 23.2 Å². The smallest absolute Gasteiger partial charge is 0.106 e. The van der Waals surface area contributed by atoms with E-state index in [4.69, 9.17) is 4.79 Å². The summed E-state index contributed by atoms with van der Waals surface area (Å²) >= 11 is 0. The number of hydrogen-bond donors (Lipinski definition) is 1. The van der Waals surface area contributed by atoms with Gasteiger partial charge in [0.05, 0.1) is 0 Å². The summed E-state index contributed by atoms with van der Waals surface area (Å²) in [5.41, 5.74) is 3.93. The highest BCUT2D eigenvalue weighted by Gasteiger charge is 2.04. The summed E-state index contributed by atoms with van der Waals surface area (Å²) in [6, 6.07) is 10.7. The van der Waals surface area contributed by atoms with E-state index < -0.39 is 0 Å². The summed E-state index contributed by atoms with van der Waals surface area (Å²) in [7, 11) is 1.97. The molecule has 0 radical (unpaired) electrons. The minimum Gasteiger partial charge on any atom is -0.388 e. The highest BCUT2D eigenvalue weighted by molar-refractivity contribution is 5.96. The molecular formula is C14H17NO. The molecule has 2 rings (SSSR count). The van der Waals surface area contributed by atoms with E-state index in [1.807, 2.05) is 13.8 Å². The molecule has 0 saturated heterocycles. The molecule has 0 aromatic heterocycles. The van der Waals surface area contributed by atoms with Crippen LogP contribution in [0, 0.1) is 13.8 Å². The average molecular weight is 215 g/mol. The maximum absolute atomic E-state index is 8.00. The predicted octanol–water partition coefficient (Wildman–Crippen LogP) is 3.31. The van der Waals surface area contributed by atoms with Crippen molar-refractivity contribution in [2.45, 2.75) is 13.8 Å². The molecule has 0 aliphatic rings. The van der Waals surface area contributed by atoms with Crippen molar-refractivity contribution in [3.8, 4) is 0 Å². The van der Waals surface area contributed by atoms with E-state index in [-0.39, 0.29) is 0 Å². The molecule has 0 fully saturated rings. The Bertz CT molecular complexity index is 491. The van der Waals surface area contributed by atoms with E-state index in [9.17, 15) is 0 Å². The van der Waals surface area contributed by atoms with Crippen molar-refractivity contribution in [3.63, 3.8) is 0 Å². The number of anilines is 1. The first-order valence-corrected chi connectivity index (χ1v) is 5.19. The molecule has 0 heterocycles. The minimum absolute atomic E-state index is 1.21. The van der Waals surface area contributed by atoms with E-state index in [0.29, 0.717) is 0 Å². The van der Waals surface area contributed by atoms with Crippen LogP contribution in [-0.4, -0.2) is 13.8 Å². The van der Waals surface area contributed by atoms with Crippen LogP contribution in [0.25, 0.3) is 10.8 Å². The van der Waals surface area contributed by atoms with Gasteiger partial charge in [-0.15, -0.1) is 0 Å². The number of carbonyl (C=O) groups is 1. The zero-order chi connectivity index (χ0) is 12.1. The molecule has 0 aliphatic heterocycles. The lowest BCUT2D eigenvalue weighted by molar-refractivity contribution is -0.0979. The van der Waals surface area contributed by atoms with Crippen molar-refractivity contribution < 1.29 is 4.79 Å². The summed E-state index contributed by atoms with van der Waals surface area (Å²) in [5.74, 6) is 0. The number of benzene rings is 2. The molecule has 0 amide bonds. The highest BCUT2D eigenvalue weighted by Crippen LogP contribution is 2.28. The standard InChI is InChI=1S/C13H15N.CH2O/c1-9-8-13(14-3)12-7-5-4-6-11(12)10(9)2;1-2/h4-8,14H,1-3H3;1H2. The van der Waals surface area contributed by atoms with Gasteiger partial charge in [-0.1, -0.05) is 24.3 Å². The second-order valence-corrected chi connectivity index (χ2v) is 3.66. The second kappa shape index (κ2) is 5.31. The number of fused-ring (bicyclic) bond motifs is 1. The lowest BCUT2D eigenvalue weighted by Crippen LogP contribution is -1.93. The average Bonchev–Trinajstić information content (AvgIpc) is 2.36. The molecule has 0 atom stereocenters. The quantitative estimate of drug-likeness (QED) is 0.790. The normalized spacial score (nSPS) is 9.44. The van der Waals surface area contributed by atoms with Gasteiger partial charge in [0.15, 0.2) is 0 Å². The molecule has 0 bridgehead atoms. The summed E-state index contributed by atoms with van der Waals surface area (Å²) in [4.78, 5) is 8.00. The highest BCUT2D eigenvalue weighted by atomic mass is 16.1. The SMILES string of the molecule is C=O.CNc1cc(C)c(C)c2ccccc12. The Morgan fingerprint density at radius 1 is 1.06 bits per heavy atom. The van der Waals surface area contributed by atoms with Gasteiger partial charge in [0.25, 0.3) is 0 Å². The van der Waals surface area contributed by atoms with Crippen molar-refractivity contribution in [1.82, 2.24) is 0 Å². The number of aryl methyl sites for hydroxylation is 2. The number of hydrogen-bond acceptors (Lipinski definition) is 2. The van der Waals surface area contributed by atoms with Crippen LogP contribution in [0.4, 0.5) is 5.69 Å². The van der Waals surface area contributed by atoms with Crippen molar-refractivity contribution in [2.24, 2.45) is 0 Å². The third kappa shape index (κ3) is 2.06. The molecule has 2 aromatic carbocycles. The van der Waals surface area contributed by atoms with Crippen LogP contribution in [0.5, 0.6) is 0 Å². The third-order valence-electron chi connectivity index (χ3n) is 2.84. The van der Waals surface area contributed by atoms with Crippen LogP contribution in [0.15, 0.2) is 30.3 Å². The van der Waals surface area contributed by atoms with Gasteiger partial charge < -0.3 is 10.1 Å². The maximum Gasteiger partial charge on any atom is 0.106 e. The molecule has 1 N–H and O–H groups in total. The first-order chi connectivity index (χ1) is 7.74. The molecule has 0 unspecified atom stereocenters. The molecule has 0 saturated carbocycles. The molecule has 2 aromatic rings. The Labute approximate surface area is 96.3 Å². The van der Waals surface area contributed by atoms with Gasteiger partial charge in [-0.2, -0.15) is 0 Å². The first kappa shape index (κ1) is 12.2. The van der Waals surface area contributed by atoms with Gasteiger partial charge in [0.1, 0.15) is 6.79 Å². The molecule has 0 aliphatic carbocycles. The second-order valence-electron chi connectivity index (χ2n) is 3.66. The Kier molecular flexibility index (Phi) is 4.06. The number of rotatable bonds is 1. The first-order valence-electron chi connectivity index (χ1n) is 5.19. The molecule has 16 heavy (non-hydrogen) atoms. The van der Waals surface area contributed by atoms with Gasteiger partial charge in [-0.25, -0.2) is 0 Å². The zero-order valence-corrected chi connectivity index (χ0v) is 10.0. The van der Waals surface area contributed by atoms with Crippen molar-refractivity contribution in [1.29, 1.82) is 0 Å². The van der Waals surface area contributed by atoms with E-state index >= 15 is 0 Å². The summed E-state index contributed by atoms with van der Waals surface area (Å²) in [6.45, 7) is 6.33. The van der Waals surface area contributed by atoms with E-state index in [1.54, 1.807) is 0 Å². The van der Waals surface area contributed by atoms with Crippen LogP contribution in [0.2, 0.25) is 0 Å². The molecule has 0 spiro atoms. The number of nitrogens with one attached hydrogen (secondary N) is 1. The summed E-state index contributed by atoms with van der Waals surface area (Å²) < 4.78 is 0. The third-order valence-corrected chi connectivity index (χ3v) is 2.84. The Hall–Kier alpha value is -1.83. The predicted molar refractivity (Wildman–Crippen MR) is 70.1 cm³/mol. The number of carbonyl (C=O) groups excluding carboxylic acids is 1. The van der Waals surface area contributed by atoms with Crippen LogP contribution < -0.4 is 5.32 Å². The molecule has 2 nitrogen and oxygen atoms in total. The topological polar surface area (TPSA) is 29.1 Å². The lowest BCUT2D eigenvalue weighted by Gasteiger charge is -2.11. The van der Waals surface area contributed by atoms with Gasteiger partial charge in [-0.05, 0) is 36.4 Å². The van der Waals surface area contributed by atoms with E-state index in [1.165, 1.54) is 27.6 Å². The Morgan fingerprint density at radius 3 is 2.19 bits per heavy atom. The van der Waals surface area contributed by atoms with Gasteiger partial charge in [-0.3, -0.25) is 0 Å². The lowest BCUT2D eigenvalue weighted by atomic mass is 9.99. The fraction of sp³-hybridized carbons (Fsp3) is 0.214. The van der Waals surface area contributed by atoms with Gasteiger partial charge >= 0.3 is 0 Å². The van der Waals surface area contributed by atoms with Crippen LogP contribution in [-0.2, 0) is 4.79 Å². The maximum atomic E-state index is 8.00. The zero-order valence-electron chi connectivity index (χ0n) is 10.0. The van der Waals surface area contributed by atoms with E-state index in [0.717, 1.165) is 0 Å². The van der Waals surface area contributed by atoms with Crippen molar-refractivity contribution in [2.75, 3.05) is 12.4 Å². The van der Waals surface area contributed by atoms with Crippen LogP contribution in [0.1, 0.15) is 11.1 Å². The largest absolute Gasteiger partial charge is 0.388 e. The fourth-order valence-electron chi connectivity index (χ4n) is 1.87. The summed E-state index contributed by atoms with van der Waals surface area (Å²) in [5, 5.41) is 5.89. The summed E-state index contributed by atoms with van der Waals surface area (Å²) in [6.07, 6.45) is 0. The molecule has 2 heteroatoms. The monoisotopic (exact) mass is 215 g/mol.